The van der Waals surface area contributed by atoms with Gasteiger partial charge in [0.25, 0.3) is 0 Å². The van der Waals surface area contributed by atoms with E-state index in [0.717, 1.165) is 29.5 Å². The van der Waals surface area contributed by atoms with Gasteiger partial charge in [-0.3, -0.25) is 0 Å². The molecular formula is C15H16ClF2NS. The van der Waals surface area contributed by atoms with Gasteiger partial charge in [-0.25, -0.2) is 8.78 Å². The standard InChI is InChI=1S/C15H16ClF2NS/c1-2-6-19-14(15-11(16)5-7-20-15)9-10-3-4-12(17)13(18)8-10/h3-5,7-8,14,19H,2,6,9H2,1H3. The summed E-state index contributed by atoms with van der Waals surface area (Å²) in [4.78, 5) is 1.03. The Hall–Kier alpha value is -0.970. The van der Waals surface area contributed by atoms with Crippen molar-refractivity contribution in [2.24, 2.45) is 0 Å². The molecule has 0 aliphatic carbocycles. The third-order valence-electron chi connectivity index (χ3n) is 3.03. The lowest BCUT2D eigenvalue weighted by Crippen LogP contribution is -2.23. The summed E-state index contributed by atoms with van der Waals surface area (Å²) in [6, 6.07) is 5.90. The highest BCUT2D eigenvalue weighted by atomic mass is 35.5. The number of benzene rings is 1. The summed E-state index contributed by atoms with van der Waals surface area (Å²) in [7, 11) is 0. The quantitative estimate of drug-likeness (QED) is 0.794. The van der Waals surface area contributed by atoms with Crippen LogP contribution in [0.15, 0.2) is 29.6 Å². The van der Waals surface area contributed by atoms with Crippen LogP contribution in [0.25, 0.3) is 0 Å². The minimum absolute atomic E-state index is 0.0207. The molecule has 2 aromatic rings. The van der Waals surface area contributed by atoms with E-state index in [1.807, 2.05) is 11.4 Å². The van der Waals surface area contributed by atoms with E-state index in [4.69, 9.17) is 11.6 Å². The number of nitrogens with one attached hydrogen (secondary N) is 1. The smallest absolute Gasteiger partial charge is 0.159 e. The Bertz CT molecular complexity index is 571. The summed E-state index contributed by atoms with van der Waals surface area (Å²) in [5.74, 6) is -1.63. The van der Waals surface area contributed by atoms with Crippen LogP contribution in [0.2, 0.25) is 5.02 Å². The number of hydrogen-bond acceptors (Lipinski definition) is 2. The largest absolute Gasteiger partial charge is 0.309 e. The van der Waals surface area contributed by atoms with Crippen LogP contribution in [0.1, 0.15) is 29.8 Å². The molecule has 0 saturated heterocycles. The zero-order valence-electron chi connectivity index (χ0n) is 11.1. The lowest BCUT2D eigenvalue weighted by Gasteiger charge is -2.18. The van der Waals surface area contributed by atoms with Crippen LogP contribution >= 0.6 is 22.9 Å². The fourth-order valence-corrected chi connectivity index (χ4v) is 3.30. The summed E-state index contributed by atoms with van der Waals surface area (Å²) in [6.07, 6.45) is 1.58. The molecule has 1 aromatic heterocycles. The summed E-state index contributed by atoms with van der Waals surface area (Å²) in [6.45, 7) is 2.93. The summed E-state index contributed by atoms with van der Waals surface area (Å²) >= 11 is 7.74. The fraction of sp³-hybridized carbons (Fsp3) is 0.333. The zero-order valence-corrected chi connectivity index (χ0v) is 12.7. The Morgan fingerprint density at radius 1 is 1.25 bits per heavy atom. The molecular weight excluding hydrogens is 300 g/mol. The number of thiophene rings is 1. The van der Waals surface area contributed by atoms with Crippen molar-refractivity contribution in [2.45, 2.75) is 25.8 Å². The first kappa shape index (κ1) is 15.4. The minimum atomic E-state index is -0.819. The van der Waals surface area contributed by atoms with Crippen molar-refractivity contribution in [2.75, 3.05) is 6.54 Å². The van der Waals surface area contributed by atoms with Gasteiger partial charge in [-0.05, 0) is 48.5 Å². The van der Waals surface area contributed by atoms with Gasteiger partial charge in [0, 0.05) is 10.9 Å². The Labute approximate surface area is 126 Å². The maximum absolute atomic E-state index is 13.3. The second kappa shape index (κ2) is 7.16. The van der Waals surface area contributed by atoms with Gasteiger partial charge in [0.2, 0.25) is 0 Å². The SMILES string of the molecule is CCCNC(Cc1ccc(F)c(F)c1)c1sccc1Cl. The average Bonchev–Trinajstić information content (AvgIpc) is 2.85. The first-order valence-electron chi connectivity index (χ1n) is 6.52. The summed E-state index contributed by atoms with van der Waals surface area (Å²) in [5.41, 5.74) is 0.752. The average molecular weight is 316 g/mol. The van der Waals surface area contributed by atoms with E-state index in [1.54, 1.807) is 17.4 Å². The van der Waals surface area contributed by atoms with E-state index in [2.05, 4.69) is 12.2 Å². The summed E-state index contributed by atoms with van der Waals surface area (Å²) < 4.78 is 26.3. The minimum Gasteiger partial charge on any atom is -0.309 e. The van der Waals surface area contributed by atoms with Crippen LogP contribution in [0.4, 0.5) is 8.78 Å². The van der Waals surface area contributed by atoms with E-state index >= 15 is 0 Å². The lowest BCUT2D eigenvalue weighted by molar-refractivity contribution is 0.501. The predicted octanol–water partition coefficient (Wildman–Crippen LogP) is 4.96. The van der Waals surface area contributed by atoms with Gasteiger partial charge in [-0.2, -0.15) is 0 Å². The van der Waals surface area contributed by atoms with E-state index in [0.29, 0.717) is 11.4 Å². The molecule has 1 unspecified atom stereocenters. The molecule has 1 N–H and O–H groups in total. The fourth-order valence-electron chi connectivity index (χ4n) is 2.03. The Morgan fingerprint density at radius 3 is 2.65 bits per heavy atom. The monoisotopic (exact) mass is 315 g/mol. The molecule has 0 saturated carbocycles. The molecule has 0 aliphatic rings. The van der Waals surface area contributed by atoms with Crippen molar-refractivity contribution in [1.29, 1.82) is 0 Å². The van der Waals surface area contributed by atoms with Gasteiger partial charge in [0.1, 0.15) is 0 Å². The van der Waals surface area contributed by atoms with Crippen LogP contribution in [0, 0.1) is 11.6 Å². The maximum Gasteiger partial charge on any atom is 0.159 e. The zero-order chi connectivity index (χ0) is 14.5. The molecule has 0 radical (unpaired) electrons. The topological polar surface area (TPSA) is 12.0 Å². The molecule has 20 heavy (non-hydrogen) atoms. The molecule has 0 spiro atoms. The van der Waals surface area contributed by atoms with Gasteiger partial charge >= 0.3 is 0 Å². The van der Waals surface area contributed by atoms with Crippen molar-refractivity contribution < 1.29 is 8.78 Å². The molecule has 0 bridgehead atoms. The normalized spacial score (nSPS) is 12.6. The van der Waals surface area contributed by atoms with E-state index in [9.17, 15) is 8.78 Å². The van der Waals surface area contributed by atoms with Crippen molar-refractivity contribution >= 4 is 22.9 Å². The first-order valence-corrected chi connectivity index (χ1v) is 7.77. The highest BCUT2D eigenvalue weighted by molar-refractivity contribution is 7.10. The molecule has 0 aliphatic heterocycles. The van der Waals surface area contributed by atoms with Crippen molar-refractivity contribution in [3.63, 3.8) is 0 Å². The van der Waals surface area contributed by atoms with Crippen molar-refractivity contribution in [3.05, 3.63) is 56.7 Å². The number of rotatable bonds is 6. The number of hydrogen-bond donors (Lipinski definition) is 1. The van der Waals surface area contributed by atoms with Crippen LogP contribution in [-0.4, -0.2) is 6.54 Å². The van der Waals surface area contributed by atoms with Crippen LogP contribution < -0.4 is 5.32 Å². The van der Waals surface area contributed by atoms with Gasteiger partial charge in [-0.15, -0.1) is 11.3 Å². The van der Waals surface area contributed by atoms with Gasteiger partial charge in [-0.1, -0.05) is 24.6 Å². The lowest BCUT2D eigenvalue weighted by atomic mass is 10.0. The third kappa shape index (κ3) is 3.78. The molecule has 1 nitrogen and oxygen atoms in total. The summed E-state index contributed by atoms with van der Waals surface area (Å²) in [5, 5.41) is 6.05. The second-order valence-corrected chi connectivity index (χ2v) is 5.95. The molecule has 1 heterocycles. The first-order chi connectivity index (χ1) is 9.61. The Morgan fingerprint density at radius 2 is 2.05 bits per heavy atom. The van der Waals surface area contributed by atoms with Crippen LogP contribution in [0.5, 0.6) is 0 Å². The molecule has 0 amide bonds. The number of halogens is 3. The molecule has 0 fully saturated rings. The molecule has 108 valence electrons. The molecule has 2 rings (SSSR count). The van der Waals surface area contributed by atoms with Crippen molar-refractivity contribution in [1.82, 2.24) is 5.32 Å². The molecule has 1 atom stereocenters. The van der Waals surface area contributed by atoms with E-state index < -0.39 is 11.6 Å². The highest BCUT2D eigenvalue weighted by Gasteiger charge is 2.17. The van der Waals surface area contributed by atoms with Crippen LogP contribution in [0.3, 0.4) is 0 Å². The molecule has 1 aromatic carbocycles. The Balaban J connectivity index is 2.19. The van der Waals surface area contributed by atoms with Gasteiger partial charge < -0.3 is 5.32 Å². The van der Waals surface area contributed by atoms with Crippen LogP contribution in [-0.2, 0) is 6.42 Å². The third-order valence-corrected chi connectivity index (χ3v) is 4.50. The van der Waals surface area contributed by atoms with Gasteiger partial charge in [0.05, 0.1) is 5.02 Å². The second-order valence-electron chi connectivity index (χ2n) is 4.59. The maximum atomic E-state index is 13.3. The van der Waals surface area contributed by atoms with E-state index in [1.165, 1.54) is 6.07 Å². The molecule has 5 heteroatoms. The Kier molecular flexibility index (Phi) is 5.52. The predicted molar refractivity (Wildman–Crippen MR) is 80.4 cm³/mol. The van der Waals surface area contributed by atoms with Gasteiger partial charge in [0.15, 0.2) is 11.6 Å². The highest BCUT2D eigenvalue weighted by Crippen LogP contribution is 2.31. The van der Waals surface area contributed by atoms with Crippen molar-refractivity contribution in [3.8, 4) is 0 Å². The van der Waals surface area contributed by atoms with E-state index in [-0.39, 0.29) is 6.04 Å².